The first-order valence-electron chi connectivity index (χ1n) is 7.46. The van der Waals surface area contributed by atoms with Gasteiger partial charge in [-0.05, 0) is 44.0 Å². The van der Waals surface area contributed by atoms with Gasteiger partial charge in [-0.1, -0.05) is 29.8 Å². The van der Waals surface area contributed by atoms with Crippen LogP contribution in [-0.2, 0) is 9.53 Å². The average molecular weight is 382 g/mol. The van der Waals surface area contributed by atoms with E-state index >= 15 is 0 Å². The van der Waals surface area contributed by atoms with Crippen molar-refractivity contribution in [1.29, 1.82) is 0 Å². The number of rotatable bonds is 6. The van der Waals surface area contributed by atoms with Crippen molar-refractivity contribution in [3.63, 3.8) is 0 Å². The number of ether oxygens (including phenoxy) is 1. The highest BCUT2D eigenvalue weighted by Gasteiger charge is 2.38. The number of benzene rings is 1. The SMILES string of the molecule is CCOC(=O)C(CC)(CC)Sc1ccnc2ccc(Br)cc12. The standard InChI is InChI=1S/C17H20BrNO2S/c1-4-17(5-2,16(20)21-6-3)22-15-9-10-19-14-8-7-12(18)11-13(14)15/h7-11H,4-6H2,1-3H3. The fourth-order valence-corrected chi connectivity index (χ4v) is 4.00. The maximum atomic E-state index is 12.5. The largest absolute Gasteiger partial charge is 0.465 e. The summed E-state index contributed by atoms with van der Waals surface area (Å²) in [6.45, 7) is 6.32. The van der Waals surface area contributed by atoms with E-state index in [1.165, 1.54) is 0 Å². The van der Waals surface area contributed by atoms with Gasteiger partial charge in [0.1, 0.15) is 4.75 Å². The van der Waals surface area contributed by atoms with E-state index in [1.807, 2.05) is 45.0 Å². The van der Waals surface area contributed by atoms with Crippen molar-refractivity contribution in [3.8, 4) is 0 Å². The first-order chi connectivity index (χ1) is 10.6. The van der Waals surface area contributed by atoms with Crippen molar-refractivity contribution in [2.75, 3.05) is 6.61 Å². The molecule has 3 nitrogen and oxygen atoms in total. The predicted octanol–water partition coefficient (Wildman–Crippen LogP) is 5.21. The minimum atomic E-state index is -0.549. The molecule has 5 heteroatoms. The summed E-state index contributed by atoms with van der Waals surface area (Å²) >= 11 is 5.09. The third-order valence-corrected chi connectivity index (χ3v) is 5.96. The Kier molecular flexibility index (Phi) is 5.87. The maximum absolute atomic E-state index is 12.5. The number of carbonyl (C=O) groups excluding carboxylic acids is 1. The van der Waals surface area contributed by atoms with Gasteiger partial charge >= 0.3 is 5.97 Å². The molecule has 1 aromatic heterocycles. The second-order valence-corrected chi connectivity index (χ2v) is 7.34. The molecule has 22 heavy (non-hydrogen) atoms. The van der Waals surface area contributed by atoms with Crippen LogP contribution in [0.5, 0.6) is 0 Å². The molecule has 0 aliphatic heterocycles. The van der Waals surface area contributed by atoms with Crippen LogP contribution >= 0.6 is 27.7 Å². The van der Waals surface area contributed by atoms with E-state index in [9.17, 15) is 4.79 Å². The number of pyridine rings is 1. The summed E-state index contributed by atoms with van der Waals surface area (Å²) in [4.78, 5) is 17.9. The van der Waals surface area contributed by atoms with Gasteiger partial charge < -0.3 is 4.74 Å². The third kappa shape index (κ3) is 3.46. The summed E-state index contributed by atoms with van der Waals surface area (Å²) in [6.07, 6.45) is 3.25. The van der Waals surface area contributed by atoms with E-state index in [2.05, 4.69) is 20.9 Å². The highest BCUT2D eigenvalue weighted by molar-refractivity contribution is 9.10. The second-order valence-electron chi connectivity index (χ2n) is 4.99. The molecule has 0 amide bonds. The lowest BCUT2D eigenvalue weighted by Gasteiger charge is -2.28. The fourth-order valence-electron chi connectivity index (χ4n) is 2.38. The van der Waals surface area contributed by atoms with Crippen molar-refractivity contribution < 1.29 is 9.53 Å². The van der Waals surface area contributed by atoms with Gasteiger partial charge in [0.15, 0.2) is 0 Å². The van der Waals surface area contributed by atoms with E-state index in [0.29, 0.717) is 6.61 Å². The van der Waals surface area contributed by atoms with Gasteiger partial charge in [0, 0.05) is 21.0 Å². The van der Waals surface area contributed by atoms with Crippen LogP contribution in [0.15, 0.2) is 39.8 Å². The first-order valence-corrected chi connectivity index (χ1v) is 9.07. The summed E-state index contributed by atoms with van der Waals surface area (Å²) in [5.41, 5.74) is 0.929. The van der Waals surface area contributed by atoms with Crippen LogP contribution in [0.25, 0.3) is 10.9 Å². The normalized spacial score (nSPS) is 11.6. The topological polar surface area (TPSA) is 39.2 Å². The minimum Gasteiger partial charge on any atom is -0.465 e. The van der Waals surface area contributed by atoms with Crippen molar-refractivity contribution in [2.24, 2.45) is 0 Å². The summed E-state index contributed by atoms with van der Waals surface area (Å²) in [5.74, 6) is -0.134. The summed E-state index contributed by atoms with van der Waals surface area (Å²) in [5, 5.41) is 1.05. The van der Waals surface area contributed by atoms with Gasteiger partial charge in [0.05, 0.1) is 12.1 Å². The maximum Gasteiger partial charge on any atom is 0.322 e. The molecule has 118 valence electrons. The van der Waals surface area contributed by atoms with Crippen molar-refractivity contribution in [1.82, 2.24) is 4.98 Å². The number of aromatic nitrogens is 1. The fraction of sp³-hybridized carbons (Fsp3) is 0.412. The molecular formula is C17H20BrNO2S. The molecule has 0 atom stereocenters. The van der Waals surface area contributed by atoms with E-state index in [-0.39, 0.29) is 5.97 Å². The number of esters is 1. The molecule has 0 saturated carbocycles. The van der Waals surface area contributed by atoms with Gasteiger partial charge in [0.2, 0.25) is 0 Å². The number of hydrogen-bond acceptors (Lipinski definition) is 4. The molecule has 1 heterocycles. The first kappa shape index (κ1) is 17.3. The Morgan fingerprint density at radius 3 is 2.64 bits per heavy atom. The minimum absolute atomic E-state index is 0.134. The van der Waals surface area contributed by atoms with Gasteiger partial charge in [-0.15, -0.1) is 11.8 Å². The van der Waals surface area contributed by atoms with Crippen molar-refractivity contribution >= 4 is 44.6 Å². The monoisotopic (exact) mass is 381 g/mol. The molecule has 0 saturated heterocycles. The zero-order chi connectivity index (χ0) is 16.2. The smallest absolute Gasteiger partial charge is 0.322 e. The molecule has 0 aliphatic rings. The molecule has 2 aromatic rings. The molecule has 0 unspecified atom stereocenters. The molecule has 1 aromatic carbocycles. The van der Waals surface area contributed by atoms with Gasteiger partial charge in [-0.2, -0.15) is 0 Å². The summed E-state index contributed by atoms with van der Waals surface area (Å²) in [7, 11) is 0. The van der Waals surface area contributed by atoms with Crippen LogP contribution in [-0.4, -0.2) is 22.3 Å². The van der Waals surface area contributed by atoms with Gasteiger partial charge in [-0.25, -0.2) is 0 Å². The number of halogens is 1. The van der Waals surface area contributed by atoms with Crippen LogP contribution in [0.4, 0.5) is 0 Å². The average Bonchev–Trinajstić information content (AvgIpc) is 2.53. The summed E-state index contributed by atoms with van der Waals surface area (Å²) in [6, 6.07) is 7.97. The second kappa shape index (κ2) is 7.47. The van der Waals surface area contributed by atoms with Crippen LogP contribution in [0.3, 0.4) is 0 Å². The van der Waals surface area contributed by atoms with E-state index in [1.54, 1.807) is 18.0 Å². The number of hydrogen-bond donors (Lipinski definition) is 0. The third-order valence-electron chi connectivity index (χ3n) is 3.76. The number of nitrogens with zero attached hydrogens (tertiary/aromatic N) is 1. The Hall–Kier alpha value is -1.07. The number of carbonyl (C=O) groups is 1. The zero-order valence-corrected chi connectivity index (χ0v) is 15.5. The summed E-state index contributed by atoms with van der Waals surface area (Å²) < 4.78 is 5.77. The van der Waals surface area contributed by atoms with Gasteiger partial charge in [0.25, 0.3) is 0 Å². The lowest BCUT2D eigenvalue weighted by Crippen LogP contribution is -2.35. The lowest BCUT2D eigenvalue weighted by atomic mass is 10.0. The predicted molar refractivity (Wildman–Crippen MR) is 95.2 cm³/mol. The molecule has 0 bridgehead atoms. The Balaban J connectivity index is 2.46. The molecule has 0 N–H and O–H groups in total. The Morgan fingerprint density at radius 1 is 1.27 bits per heavy atom. The van der Waals surface area contributed by atoms with Crippen LogP contribution in [0.2, 0.25) is 0 Å². The van der Waals surface area contributed by atoms with Crippen molar-refractivity contribution in [3.05, 3.63) is 34.9 Å². The van der Waals surface area contributed by atoms with Crippen LogP contribution in [0.1, 0.15) is 33.6 Å². The molecule has 0 spiro atoms. The molecule has 0 fully saturated rings. The molecule has 0 aliphatic carbocycles. The Labute approximate surface area is 144 Å². The quantitative estimate of drug-likeness (QED) is 0.508. The molecule has 2 rings (SSSR count). The molecular weight excluding hydrogens is 362 g/mol. The van der Waals surface area contributed by atoms with E-state index in [0.717, 1.165) is 33.1 Å². The lowest BCUT2D eigenvalue weighted by molar-refractivity contribution is -0.146. The Morgan fingerprint density at radius 2 is 2.00 bits per heavy atom. The zero-order valence-electron chi connectivity index (χ0n) is 13.1. The number of thioether (sulfide) groups is 1. The molecule has 0 radical (unpaired) electrons. The van der Waals surface area contributed by atoms with E-state index in [4.69, 9.17) is 4.74 Å². The number of fused-ring (bicyclic) bond motifs is 1. The van der Waals surface area contributed by atoms with Crippen LogP contribution in [0, 0.1) is 0 Å². The Bertz CT molecular complexity index is 671. The highest BCUT2D eigenvalue weighted by atomic mass is 79.9. The van der Waals surface area contributed by atoms with Gasteiger partial charge in [-0.3, -0.25) is 9.78 Å². The van der Waals surface area contributed by atoms with Crippen LogP contribution < -0.4 is 0 Å². The van der Waals surface area contributed by atoms with E-state index < -0.39 is 4.75 Å². The van der Waals surface area contributed by atoms with Crippen molar-refractivity contribution in [2.45, 2.75) is 43.3 Å². The highest BCUT2D eigenvalue weighted by Crippen LogP contribution is 2.42.